The predicted octanol–water partition coefficient (Wildman–Crippen LogP) is 3.96. The SMILES string of the molecule is CC(=O)O[C@@H](C)/C=C\C(=O)N[C@@H]1C[C@H](C)[C@H](C/C=C(C)/C=C/[C@@H]2C[C@]3(CO3)C[C@@H](CC(=O)NCc3ccc(S(=O)(=O)N(C)C)cc3)O2)O[C@@H]1C. The smallest absolute Gasteiger partial charge is 0.303 e. The van der Waals surface area contributed by atoms with E-state index < -0.39 is 22.1 Å². The van der Waals surface area contributed by atoms with Gasteiger partial charge in [-0.05, 0) is 63.3 Å². The molecule has 1 spiro atoms. The average molecular weight is 716 g/mol. The largest absolute Gasteiger partial charge is 0.459 e. The molecular weight excluding hydrogens is 662 g/mol. The van der Waals surface area contributed by atoms with Crippen molar-refractivity contribution in [1.29, 1.82) is 0 Å². The molecule has 1 aromatic rings. The number of carbonyl (C=O) groups is 3. The van der Waals surface area contributed by atoms with Gasteiger partial charge >= 0.3 is 5.97 Å². The fraction of sp³-hybridized carbons (Fsp3) is 0.595. The number of benzene rings is 1. The Bertz CT molecular complexity index is 1550. The van der Waals surface area contributed by atoms with E-state index in [9.17, 15) is 22.8 Å². The normalized spacial score (nSPS) is 29.3. The van der Waals surface area contributed by atoms with Crippen molar-refractivity contribution in [2.75, 3.05) is 20.7 Å². The number of hydrogen-bond donors (Lipinski definition) is 2. The molecule has 3 fully saturated rings. The van der Waals surface area contributed by atoms with Crippen LogP contribution in [-0.4, -0.2) is 93.4 Å². The van der Waals surface area contributed by atoms with Gasteiger partial charge < -0.3 is 29.6 Å². The average Bonchev–Trinajstić information content (AvgIpc) is 3.79. The van der Waals surface area contributed by atoms with Crippen molar-refractivity contribution in [2.24, 2.45) is 5.92 Å². The molecule has 0 saturated carbocycles. The monoisotopic (exact) mass is 715 g/mol. The molecule has 3 aliphatic rings. The Labute approximate surface area is 296 Å². The first-order valence-electron chi connectivity index (χ1n) is 17.3. The third-order valence-corrected chi connectivity index (χ3v) is 11.2. The van der Waals surface area contributed by atoms with Gasteiger partial charge in [-0.1, -0.05) is 42.9 Å². The Morgan fingerprint density at radius 3 is 2.42 bits per heavy atom. The number of ether oxygens (including phenoxy) is 4. The molecule has 3 saturated heterocycles. The predicted molar refractivity (Wildman–Crippen MR) is 188 cm³/mol. The number of rotatable bonds is 14. The number of hydrogen-bond acceptors (Lipinski definition) is 9. The standard InChI is InChI=1S/C37H53N3O9S/c1-24(9-16-34-25(2)18-33(27(4)48-34)39-35(42)17-10-26(3)47-28(5)41)8-13-30-20-37(23-46-37)21-31(49-30)19-36(43)38-22-29-11-14-32(15-12-29)50(44,45)40(6)7/h8-15,17,25-27,30-31,33-34H,16,18-23H2,1-7H3,(H,38,43)(H,39,42)/b13-8+,17-10-,24-9+/t25-,26-,27+,30+,31+,33+,34-,37+/m0/s1. The Morgan fingerprint density at radius 2 is 1.78 bits per heavy atom. The topological polar surface area (TPSA) is 153 Å². The molecule has 8 atom stereocenters. The van der Waals surface area contributed by atoms with E-state index in [0.717, 1.165) is 34.7 Å². The van der Waals surface area contributed by atoms with Crippen LogP contribution in [0.1, 0.15) is 72.3 Å². The number of amides is 2. The van der Waals surface area contributed by atoms with Crippen LogP contribution in [0.2, 0.25) is 0 Å². The minimum atomic E-state index is -3.51. The van der Waals surface area contributed by atoms with Gasteiger partial charge in [0.25, 0.3) is 0 Å². The van der Waals surface area contributed by atoms with Crippen LogP contribution in [0, 0.1) is 5.92 Å². The minimum absolute atomic E-state index is 0.0157. The van der Waals surface area contributed by atoms with Gasteiger partial charge in [-0.2, -0.15) is 0 Å². The van der Waals surface area contributed by atoms with Crippen LogP contribution in [0.15, 0.2) is 65.1 Å². The molecule has 0 unspecified atom stereocenters. The molecule has 2 amide bonds. The molecule has 3 heterocycles. The van der Waals surface area contributed by atoms with Crippen molar-refractivity contribution in [3.05, 3.63) is 65.8 Å². The number of carbonyl (C=O) groups excluding carboxylic acids is 3. The van der Waals surface area contributed by atoms with Crippen LogP contribution in [0.4, 0.5) is 0 Å². The lowest BCUT2D eigenvalue weighted by atomic mass is 9.88. The van der Waals surface area contributed by atoms with E-state index in [2.05, 4.69) is 23.6 Å². The van der Waals surface area contributed by atoms with Crippen LogP contribution in [-0.2, 0) is 49.9 Å². The molecule has 1 aromatic carbocycles. The summed E-state index contributed by atoms with van der Waals surface area (Å²) < 4.78 is 49.2. The molecule has 50 heavy (non-hydrogen) atoms. The van der Waals surface area contributed by atoms with Gasteiger partial charge in [0.15, 0.2) is 0 Å². The van der Waals surface area contributed by atoms with Gasteiger partial charge in [0.2, 0.25) is 21.8 Å². The summed E-state index contributed by atoms with van der Waals surface area (Å²) in [5.41, 5.74) is 1.64. The number of allylic oxidation sites excluding steroid dienone is 2. The third-order valence-electron chi connectivity index (χ3n) is 9.36. The molecule has 12 nitrogen and oxygen atoms in total. The van der Waals surface area contributed by atoms with E-state index in [1.54, 1.807) is 37.3 Å². The van der Waals surface area contributed by atoms with Gasteiger partial charge in [0.05, 0.1) is 54.0 Å². The lowest BCUT2D eigenvalue weighted by Crippen LogP contribution is -2.50. The summed E-state index contributed by atoms with van der Waals surface area (Å²) in [6, 6.07) is 6.37. The van der Waals surface area contributed by atoms with E-state index in [1.165, 1.54) is 27.1 Å². The van der Waals surface area contributed by atoms with E-state index in [4.69, 9.17) is 18.9 Å². The summed E-state index contributed by atoms with van der Waals surface area (Å²) in [7, 11) is -0.534. The molecule has 3 aliphatic heterocycles. The fourth-order valence-electron chi connectivity index (χ4n) is 6.35. The van der Waals surface area contributed by atoms with E-state index in [-0.39, 0.29) is 71.7 Å². The minimum Gasteiger partial charge on any atom is -0.459 e. The van der Waals surface area contributed by atoms with Crippen molar-refractivity contribution >= 4 is 27.8 Å². The first-order chi connectivity index (χ1) is 23.5. The molecule has 0 bridgehead atoms. The molecule has 276 valence electrons. The van der Waals surface area contributed by atoms with E-state index in [1.807, 2.05) is 26.0 Å². The Hall–Kier alpha value is -3.36. The highest BCUT2D eigenvalue weighted by molar-refractivity contribution is 7.89. The number of nitrogens with one attached hydrogen (secondary N) is 2. The molecule has 0 aliphatic carbocycles. The lowest BCUT2D eigenvalue weighted by Gasteiger charge is -2.39. The summed E-state index contributed by atoms with van der Waals surface area (Å²) in [4.78, 5) is 36.5. The number of epoxide rings is 1. The lowest BCUT2D eigenvalue weighted by molar-refractivity contribution is -0.143. The first-order valence-corrected chi connectivity index (χ1v) is 18.7. The molecule has 0 aromatic heterocycles. The van der Waals surface area contributed by atoms with Crippen LogP contribution >= 0.6 is 0 Å². The Balaban J connectivity index is 1.22. The molecule has 4 rings (SSSR count). The number of sulfonamides is 1. The van der Waals surface area contributed by atoms with Crippen LogP contribution in [0.5, 0.6) is 0 Å². The second-order valence-electron chi connectivity index (χ2n) is 14.0. The zero-order chi connectivity index (χ0) is 36.6. The van der Waals surface area contributed by atoms with Gasteiger partial charge in [0, 0.05) is 46.5 Å². The van der Waals surface area contributed by atoms with Gasteiger partial charge in [-0.25, -0.2) is 12.7 Å². The summed E-state index contributed by atoms with van der Waals surface area (Å²) >= 11 is 0. The number of esters is 1. The first kappa shape index (κ1) is 39.4. The van der Waals surface area contributed by atoms with E-state index >= 15 is 0 Å². The summed E-state index contributed by atoms with van der Waals surface area (Å²) in [6.45, 7) is 10.1. The van der Waals surface area contributed by atoms with Gasteiger partial charge in [-0.3, -0.25) is 14.4 Å². The van der Waals surface area contributed by atoms with Gasteiger partial charge in [-0.15, -0.1) is 0 Å². The van der Waals surface area contributed by atoms with Crippen molar-refractivity contribution in [3.63, 3.8) is 0 Å². The Kier molecular flexibility index (Phi) is 13.6. The van der Waals surface area contributed by atoms with Crippen LogP contribution in [0.25, 0.3) is 0 Å². The van der Waals surface area contributed by atoms with Crippen molar-refractivity contribution < 1.29 is 41.7 Å². The highest BCUT2D eigenvalue weighted by Gasteiger charge is 2.51. The zero-order valence-corrected chi connectivity index (χ0v) is 31.0. The molecular formula is C37H53N3O9S. The van der Waals surface area contributed by atoms with Gasteiger partial charge in [0.1, 0.15) is 6.10 Å². The van der Waals surface area contributed by atoms with E-state index in [0.29, 0.717) is 13.0 Å². The molecule has 13 heteroatoms. The summed E-state index contributed by atoms with van der Waals surface area (Å²) in [5.74, 6) is -0.552. The highest BCUT2D eigenvalue weighted by atomic mass is 32.2. The van der Waals surface area contributed by atoms with Crippen molar-refractivity contribution in [2.45, 2.75) is 120 Å². The second-order valence-corrected chi connectivity index (χ2v) is 16.2. The van der Waals surface area contributed by atoms with Crippen molar-refractivity contribution in [3.8, 4) is 0 Å². The van der Waals surface area contributed by atoms with Crippen LogP contribution < -0.4 is 10.6 Å². The zero-order valence-electron chi connectivity index (χ0n) is 30.2. The van der Waals surface area contributed by atoms with Crippen LogP contribution in [0.3, 0.4) is 0 Å². The maximum absolute atomic E-state index is 12.8. The third kappa shape index (κ3) is 11.6. The molecule has 0 radical (unpaired) electrons. The van der Waals surface area contributed by atoms with Crippen molar-refractivity contribution in [1.82, 2.24) is 14.9 Å². The fourth-order valence-corrected chi connectivity index (χ4v) is 7.25. The maximum atomic E-state index is 12.8. The number of nitrogens with zero attached hydrogens (tertiary/aromatic N) is 1. The maximum Gasteiger partial charge on any atom is 0.303 e. The molecule has 2 N–H and O–H groups in total. The summed E-state index contributed by atoms with van der Waals surface area (Å²) in [6.07, 6.45) is 11.2. The summed E-state index contributed by atoms with van der Waals surface area (Å²) in [5, 5.41) is 5.94. The highest BCUT2D eigenvalue weighted by Crippen LogP contribution is 2.43. The quantitative estimate of drug-likeness (QED) is 0.126. The second kappa shape index (κ2) is 17.2. The Morgan fingerprint density at radius 1 is 1.08 bits per heavy atom.